The smallest absolute Gasteiger partial charge is 0.270 e. The Morgan fingerprint density at radius 3 is 2.84 bits per heavy atom. The van der Waals surface area contributed by atoms with E-state index in [1.54, 1.807) is 12.3 Å². The fourth-order valence-corrected chi connectivity index (χ4v) is 2.00. The second kappa shape index (κ2) is 5.43. The Hall–Kier alpha value is -1.84. The Bertz CT molecular complexity index is 739. The van der Waals surface area contributed by atoms with E-state index >= 15 is 0 Å². The summed E-state index contributed by atoms with van der Waals surface area (Å²) in [5, 5.41) is 9.34. The first kappa shape index (κ1) is 13.6. The molecule has 0 amide bonds. The van der Waals surface area contributed by atoms with Crippen LogP contribution in [0.25, 0.3) is 11.3 Å². The number of hydrogen-bond acceptors (Lipinski definition) is 4. The minimum absolute atomic E-state index is 0.0304. The maximum atomic E-state index is 13.4. The fourth-order valence-electron chi connectivity index (χ4n) is 1.51. The summed E-state index contributed by atoms with van der Waals surface area (Å²) in [6, 6.07) is 5.79. The molecule has 0 unspecified atom stereocenters. The molecule has 0 fully saturated rings. The molecule has 2 aromatic rings. The molecule has 0 aliphatic heterocycles. The lowest BCUT2D eigenvalue weighted by Gasteiger charge is -2.05. The summed E-state index contributed by atoms with van der Waals surface area (Å²) in [5.74, 6) is -0.629. The van der Waals surface area contributed by atoms with E-state index in [0.29, 0.717) is 10.7 Å². The van der Waals surface area contributed by atoms with Gasteiger partial charge in [-0.05, 0) is 18.4 Å². The molecule has 4 nitrogen and oxygen atoms in total. The number of nitrogens with one attached hydrogen (secondary N) is 1. The minimum Gasteiger partial charge on any atom is -0.300 e. The first-order chi connectivity index (χ1) is 9.06. The monoisotopic (exact) mass is 295 g/mol. The number of nitrogens with zero attached hydrogens (tertiary/aromatic N) is 2. The number of rotatable bonds is 2. The van der Waals surface area contributed by atoms with Gasteiger partial charge in [0.25, 0.3) is 5.56 Å². The Labute approximate surface area is 117 Å². The maximum absolute atomic E-state index is 13.4. The van der Waals surface area contributed by atoms with E-state index in [9.17, 15) is 9.18 Å². The summed E-state index contributed by atoms with van der Waals surface area (Å²) in [7, 11) is 0. The van der Waals surface area contributed by atoms with Crippen molar-refractivity contribution in [2.75, 3.05) is 6.26 Å². The van der Waals surface area contributed by atoms with Crippen molar-refractivity contribution in [3.05, 3.63) is 45.0 Å². The van der Waals surface area contributed by atoms with Gasteiger partial charge in [0, 0.05) is 5.56 Å². The molecular formula is C12H7ClFN3OS. The molecule has 0 aliphatic rings. The quantitative estimate of drug-likeness (QED) is 0.683. The summed E-state index contributed by atoms with van der Waals surface area (Å²) >= 11 is 6.82. The van der Waals surface area contributed by atoms with Crippen LogP contribution in [0.1, 0.15) is 5.56 Å². The molecule has 7 heteroatoms. The Kier molecular flexibility index (Phi) is 3.88. The lowest BCUT2D eigenvalue weighted by Crippen LogP contribution is -2.14. The van der Waals surface area contributed by atoms with E-state index in [2.05, 4.69) is 9.97 Å². The number of H-pyrrole nitrogens is 1. The summed E-state index contributed by atoms with van der Waals surface area (Å²) in [4.78, 5) is 18.3. The van der Waals surface area contributed by atoms with Gasteiger partial charge in [0.05, 0.1) is 10.7 Å². The molecule has 96 valence electrons. The summed E-state index contributed by atoms with van der Waals surface area (Å²) in [5.41, 5.74) is -0.224. The molecule has 0 saturated carbocycles. The summed E-state index contributed by atoms with van der Waals surface area (Å²) in [6.45, 7) is 0. The number of benzene rings is 1. The van der Waals surface area contributed by atoms with Crippen molar-refractivity contribution in [2.45, 2.75) is 5.16 Å². The Morgan fingerprint density at radius 2 is 2.26 bits per heavy atom. The van der Waals surface area contributed by atoms with Gasteiger partial charge in [-0.25, -0.2) is 9.37 Å². The third-order valence-corrected chi connectivity index (χ3v) is 3.28. The standard InChI is InChI=1S/C12H7ClFN3OS/c1-19-12-16-10(7(5-15)11(18)17-12)6-2-3-8(13)9(14)4-6/h2-4H,1H3,(H,16,17,18). The highest BCUT2D eigenvalue weighted by Crippen LogP contribution is 2.25. The zero-order valence-corrected chi connectivity index (χ0v) is 11.3. The van der Waals surface area contributed by atoms with Crippen LogP contribution in [-0.4, -0.2) is 16.2 Å². The predicted molar refractivity (Wildman–Crippen MR) is 71.8 cm³/mol. The van der Waals surface area contributed by atoms with Crippen LogP contribution in [-0.2, 0) is 0 Å². The first-order valence-electron chi connectivity index (χ1n) is 5.10. The van der Waals surface area contributed by atoms with Crippen molar-refractivity contribution in [1.82, 2.24) is 9.97 Å². The maximum Gasteiger partial charge on any atom is 0.270 e. The van der Waals surface area contributed by atoms with E-state index in [-0.39, 0.29) is 16.3 Å². The zero-order valence-electron chi connectivity index (χ0n) is 9.70. The zero-order chi connectivity index (χ0) is 14.0. The largest absolute Gasteiger partial charge is 0.300 e. The van der Waals surface area contributed by atoms with Gasteiger partial charge < -0.3 is 4.98 Å². The molecule has 1 aromatic heterocycles. The van der Waals surface area contributed by atoms with Crippen molar-refractivity contribution in [3.63, 3.8) is 0 Å². The molecule has 0 aliphatic carbocycles. The average Bonchev–Trinajstić information content (AvgIpc) is 2.41. The first-order valence-corrected chi connectivity index (χ1v) is 6.71. The third kappa shape index (κ3) is 2.62. The predicted octanol–water partition coefficient (Wildman–Crippen LogP) is 2.82. The number of nitriles is 1. The van der Waals surface area contributed by atoms with E-state index in [4.69, 9.17) is 16.9 Å². The normalized spacial score (nSPS) is 10.2. The molecule has 1 heterocycles. The van der Waals surface area contributed by atoms with Crippen LogP contribution in [0.5, 0.6) is 0 Å². The van der Waals surface area contributed by atoms with Crippen molar-refractivity contribution < 1.29 is 4.39 Å². The SMILES string of the molecule is CSc1nc(-c2ccc(Cl)c(F)c2)c(C#N)c(=O)[nH]1. The van der Waals surface area contributed by atoms with Crippen LogP contribution < -0.4 is 5.56 Å². The van der Waals surface area contributed by atoms with Gasteiger partial charge in [-0.1, -0.05) is 29.4 Å². The Morgan fingerprint density at radius 1 is 1.53 bits per heavy atom. The van der Waals surface area contributed by atoms with E-state index < -0.39 is 11.4 Å². The van der Waals surface area contributed by atoms with E-state index in [1.807, 2.05) is 0 Å². The van der Waals surface area contributed by atoms with Crippen molar-refractivity contribution in [1.29, 1.82) is 5.26 Å². The van der Waals surface area contributed by atoms with Crippen LogP contribution >= 0.6 is 23.4 Å². The summed E-state index contributed by atoms with van der Waals surface area (Å²) < 4.78 is 13.4. The van der Waals surface area contributed by atoms with Crippen molar-refractivity contribution in [2.24, 2.45) is 0 Å². The molecule has 0 saturated heterocycles. The number of aromatic amines is 1. The number of thioether (sulfide) groups is 1. The van der Waals surface area contributed by atoms with Gasteiger partial charge in [0.2, 0.25) is 0 Å². The molecule has 0 bridgehead atoms. The number of hydrogen-bond donors (Lipinski definition) is 1. The number of halogens is 2. The summed E-state index contributed by atoms with van der Waals surface area (Å²) in [6.07, 6.45) is 1.73. The van der Waals surface area contributed by atoms with E-state index in [0.717, 1.165) is 6.07 Å². The van der Waals surface area contributed by atoms with Gasteiger partial charge in [-0.3, -0.25) is 4.79 Å². The van der Waals surface area contributed by atoms with Gasteiger partial charge in [0.1, 0.15) is 17.4 Å². The highest BCUT2D eigenvalue weighted by Gasteiger charge is 2.14. The minimum atomic E-state index is -0.629. The van der Waals surface area contributed by atoms with Gasteiger partial charge in [-0.15, -0.1) is 0 Å². The van der Waals surface area contributed by atoms with Crippen LogP contribution in [0.3, 0.4) is 0 Å². The average molecular weight is 296 g/mol. The van der Waals surface area contributed by atoms with Gasteiger partial charge in [-0.2, -0.15) is 5.26 Å². The number of aromatic nitrogens is 2. The van der Waals surface area contributed by atoms with Crippen LogP contribution in [0.15, 0.2) is 28.2 Å². The molecule has 0 radical (unpaired) electrons. The second-order valence-corrected chi connectivity index (χ2v) is 4.74. The molecule has 19 heavy (non-hydrogen) atoms. The third-order valence-electron chi connectivity index (χ3n) is 2.40. The van der Waals surface area contributed by atoms with E-state index in [1.165, 1.54) is 23.9 Å². The van der Waals surface area contributed by atoms with Crippen LogP contribution in [0, 0.1) is 17.1 Å². The molecule has 0 atom stereocenters. The molecule has 2 rings (SSSR count). The fraction of sp³-hybridized carbons (Fsp3) is 0.0833. The lowest BCUT2D eigenvalue weighted by atomic mass is 10.1. The van der Waals surface area contributed by atoms with Crippen molar-refractivity contribution >= 4 is 23.4 Å². The second-order valence-electron chi connectivity index (χ2n) is 3.54. The molecule has 1 N–H and O–H groups in total. The molecule has 0 spiro atoms. The Balaban J connectivity index is 2.73. The highest BCUT2D eigenvalue weighted by molar-refractivity contribution is 7.98. The lowest BCUT2D eigenvalue weighted by molar-refractivity contribution is 0.628. The molecule has 1 aromatic carbocycles. The van der Waals surface area contributed by atoms with Crippen LogP contribution in [0.4, 0.5) is 4.39 Å². The van der Waals surface area contributed by atoms with Gasteiger partial charge >= 0.3 is 0 Å². The van der Waals surface area contributed by atoms with Crippen molar-refractivity contribution in [3.8, 4) is 17.3 Å². The van der Waals surface area contributed by atoms with Crippen LogP contribution in [0.2, 0.25) is 5.02 Å². The highest BCUT2D eigenvalue weighted by atomic mass is 35.5. The topological polar surface area (TPSA) is 69.5 Å². The molecular weight excluding hydrogens is 289 g/mol. The van der Waals surface area contributed by atoms with Gasteiger partial charge in [0.15, 0.2) is 5.16 Å².